The molecular formula is C15H11N3O4S. The molecule has 0 aliphatic carbocycles. The van der Waals surface area contributed by atoms with Crippen LogP contribution in [0.1, 0.15) is 11.1 Å². The summed E-state index contributed by atoms with van der Waals surface area (Å²) in [6, 6.07) is 12.0. The number of rotatable bonds is 2. The third kappa shape index (κ3) is 2.42. The molecule has 2 heterocycles. The molecule has 1 N–H and O–H groups in total. The fourth-order valence-electron chi connectivity index (χ4n) is 2.35. The number of ether oxygens (including phenoxy) is 2. The number of fused-ring (bicyclic) bond motifs is 2. The predicted molar refractivity (Wildman–Crippen MR) is 83.5 cm³/mol. The molecule has 4 rings (SSSR count). The minimum Gasteiger partial charge on any atom is -0.454 e. The highest BCUT2D eigenvalue weighted by Crippen LogP contribution is 2.32. The van der Waals surface area contributed by atoms with Gasteiger partial charge in [0.25, 0.3) is 10.0 Å². The first-order valence-electron chi connectivity index (χ1n) is 6.77. The Hall–Kier alpha value is -2.87. The molecule has 0 saturated heterocycles. The molecule has 0 amide bonds. The van der Waals surface area contributed by atoms with Gasteiger partial charge in [0.05, 0.1) is 6.21 Å². The number of sulfonamides is 1. The van der Waals surface area contributed by atoms with Crippen LogP contribution in [-0.2, 0) is 10.0 Å². The van der Waals surface area contributed by atoms with Gasteiger partial charge in [0.1, 0.15) is 4.90 Å². The van der Waals surface area contributed by atoms with Crippen LogP contribution in [-0.4, -0.2) is 27.3 Å². The van der Waals surface area contributed by atoms with Crippen LogP contribution in [0.15, 0.2) is 56.9 Å². The van der Waals surface area contributed by atoms with Crippen LogP contribution >= 0.6 is 0 Å². The number of nitrogens with zero attached hydrogens (tertiary/aromatic N) is 2. The Labute approximate surface area is 132 Å². The monoisotopic (exact) mass is 329 g/mol. The summed E-state index contributed by atoms with van der Waals surface area (Å²) in [5, 5.41) is 4.05. The van der Waals surface area contributed by atoms with Gasteiger partial charge in [-0.1, -0.05) is 12.1 Å². The number of amidine groups is 1. The summed E-state index contributed by atoms with van der Waals surface area (Å²) in [5.41, 5.74) is 3.98. The predicted octanol–water partition coefficient (Wildman–Crippen LogP) is 1.49. The summed E-state index contributed by atoms with van der Waals surface area (Å²) >= 11 is 0. The molecule has 2 aromatic rings. The third-order valence-electron chi connectivity index (χ3n) is 3.41. The number of nitrogens with one attached hydrogen (secondary N) is 1. The summed E-state index contributed by atoms with van der Waals surface area (Å²) in [5.74, 6) is 1.55. The van der Waals surface area contributed by atoms with Gasteiger partial charge in [-0.15, -0.1) is 4.40 Å². The first-order chi connectivity index (χ1) is 11.1. The topological polar surface area (TPSA) is 89.4 Å². The van der Waals surface area contributed by atoms with Gasteiger partial charge < -0.3 is 9.47 Å². The molecule has 2 aromatic carbocycles. The number of hydrogen-bond donors (Lipinski definition) is 1. The van der Waals surface area contributed by atoms with E-state index >= 15 is 0 Å². The largest absolute Gasteiger partial charge is 0.454 e. The molecular weight excluding hydrogens is 318 g/mol. The highest BCUT2D eigenvalue weighted by molar-refractivity contribution is 7.90. The summed E-state index contributed by atoms with van der Waals surface area (Å²) in [6.07, 6.45) is 1.55. The summed E-state index contributed by atoms with van der Waals surface area (Å²) in [4.78, 5) is 0.181. The molecule has 2 aliphatic rings. The molecule has 23 heavy (non-hydrogen) atoms. The second kappa shape index (κ2) is 5.10. The van der Waals surface area contributed by atoms with Crippen LogP contribution in [0.25, 0.3) is 0 Å². The van der Waals surface area contributed by atoms with Crippen molar-refractivity contribution < 1.29 is 17.9 Å². The smallest absolute Gasteiger partial charge is 0.285 e. The fourth-order valence-corrected chi connectivity index (χ4v) is 3.52. The van der Waals surface area contributed by atoms with Crippen molar-refractivity contribution in [3.63, 3.8) is 0 Å². The Balaban J connectivity index is 1.56. The molecule has 0 aromatic heterocycles. The molecule has 0 radical (unpaired) electrons. The first-order valence-corrected chi connectivity index (χ1v) is 8.21. The van der Waals surface area contributed by atoms with E-state index in [0.717, 1.165) is 5.56 Å². The summed E-state index contributed by atoms with van der Waals surface area (Å²) in [6.45, 7) is 0.208. The van der Waals surface area contributed by atoms with E-state index in [1.165, 1.54) is 6.07 Å². The lowest BCUT2D eigenvalue weighted by Crippen LogP contribution is -2.17. The summed E-state index contributed by atoms with van der Waals surface area (Å²) in [7, 11) is -3.64. The van der Waals surface area contributed by atoms with Crippen molar-refractivity contribution in [3.05, 3.63) is 53.6 Å². The van der Waals surface area contributed by atoms with Crippen LogP contribution in [0.3, 0.4) is 0 Å². The Kier molecular flexibility index (Phi) is 3.05. The zero-order chi connectivity index (χ0) is 15.9. The fraction of sp³-hybridized carbons (Fsp3) is 0.0667. The normalized spacial score (nSPS) is 17.1. The lowest BCUT2D eigenvalue weighted by atomic mass is 10.2. The van der Waals surface area contributed by atoms with E-state index < -0.39 is 10.0 Å². The van der Waals surface area contributed by atoms with Crippen molar-refractivity contribution in [2.75, 3.05) is 6.79 Å². The molecule has 7 nitrogen and oxygen atoms in total. The van der Waals surface area contributed by atoms with Gasteiger partial charge in [0.2, 0.25) is 6.79 Å². The van der Waals surface area contributed by atoms with Crippen molar-refractivity contribution in [1.82, 2.24) is 5.43 Å². The molecule has 0 fully saturated rings. The second-order valence-corrected chi connectivity index (χ2v) is 6.47. The highest BCUT2D eigenvalue weighted by atomic mass is 32.2. The van der Waals surface area contributed by atoms with Crippen LogP contribution in [0.5, 0.6) is 11.5 Å². The standard InChI is InChI=1S/C15H11N3O4S/c19-23(20)14-4-2-1-3-11(14)15(18-23)17-16-8-10-5-6-12-13(7-10)22-9-21-12/h1-8H,9H2,(H,17,18)/b16-8-. The SMILES string of the molecule is O=S1(=O)N=C(N/N=C\c2ccc3c(c2)OCO3)c2ccccc21. The van der Waals surface area contributed by atoms with Gasteiger partial charge in [-0.2, -0.15) is 13.5 Å². The maximum Gasteiger partial charge on any atom is 0.285 e. The molecule has 8 heteroatoms. The quantitative estimate of drug-likeness (QED) is 0.666. The van der Waals surface area contributed by atoms with Gasteiger partial charge >= 0.3 is 0 Å². The molecule has 0 spiro atoms. The number of benzene rings is 2. The molecule has 0 saturated carbocycles. The van der Waals surface area contributed by atoms with E-state index in [0.29, 0.717) is 17.1 Å². The van der Waals surface area contributed by atoms with Crippen molar-refractivity contribution in [3.8, 4) is 11.5 Å². The molecule has 116 valence electrons. The zero-order valence-electron chi connectivity index (χ0n) is 11.8. The zero-order valence-corrected chi connectivity index (χ0v) is 12.6. The van der Waals surface area contributed by atoms with E-state index in [1.807, 2.05) is 6.07 Å². The number of hydrazone groups is 1. The molecule has 2 aliphatic heterocycles. The van der Waals surface area contributed by atoms with Crippen molar-refractivity contribution in [2.24, 2.45) is 9.50 Å². The molecule has 0 atom stereocenters. The van der Waals surface area contributed by atoms with Gasteiger partial charge in [0, 0.05) is 5.56 Å². The van der Waals surface area contributed by atoms with Crippen LogP contribution in [0, 0.1) is 0 Å². The second-order valence-electron chi connectivity index (χ2n) is 4.89. The van der Waals surface area contributed by atoms with E-state index in [1.54, 1.807) is 36.5 Å². The third-order valence-corrected chi connectivity index (χ3v) is 4.75. The maximum absolute atomic E-state index is 11.9. The Morgan fingerprint density at radius 2 is 1.96 bits per heavy atom. The van der Waals surface area contributed by atoms with E-state index in [4.69, 9.17) is 9.47 Å². The van der Waals surface area contributed by atoms with Crippen LogP contribution < -0.4 is 14.9 Å². The Morgan fingerprint density at radius 1 is 1.13 bits per heavy atom. The average Bonchev–Trinajstić information content (AvgIpc) is 3.10. The van der Waals surface area contributed by atoms with E-state index in [2.05, 4.69) is 14.9 Å². The maximum atomic E-state index is 11.9. The minimum atomic E-state index is -3.64. The number of hydrogen-bond acceptors (Lipinski definition) is 6. The molecule has 0 unspecified atom stereocenters. The van der Waals surface area contributed by atoms with E-state index in [-0.39, 0.29) is 17.5 Å². The average molecular weight is 329 g/mol. The van der Waals surface area contributed by atoms with Gasteiger partial charge in [-0.3, -0.25) is 5.43 Å². The van der Waals surface area contributed by atoms with Gasteiger partial charge in [-0.25, -0.2) is 0 Å². The Bertz CT molecular complexity index is 951. The lowest BCUT2D eigenvalue weighted by molar-refractivity contribution is 0.174. The minimum absolute atomic E-state index is 0.181. The van der Waals surface area contributed by atoms with Gasteiger partial charge in [0.15, 0.2) is 17.3 Å². The lowest BCUT2D eigenvalue weighted by Gasteiger charge is -2.00. The van der Waals surface area contributed by atoms with Crippen LogP contribution in [0.4, 0.5) is 0 Å². The van der Waals surface area contributed by atoms with Crippen LogP contribution in [0.2, 0.25) is 0 Å². The Morgan fingerprint density at radius 3 is 2.87 bits per heavy atom. The van der Waals surface area contributed by atoms with E-state index in [9.17, 15) is 8.42 Å². The van der Waals surface area contributed by atoms with Gasteiger partial charge in [-0.05, 0) is 35.9 Å². The van der Waals surface area contributed by atoms with Crippen molar-refractivity contribution in [2.45, 2.75) is 4.90 Å². The highest BCUT2D eigenvalue weighted by Gasteiger charge is 2.28. The summed E-state index contributed by atoms with van der Waals surface area (Å²) < 4.78 is 38.0. The first kappa shape index (κ1) is 13.8. The van der Waals surface area contributed by atoms with Crippen molar-refractivity contribution in [1.29, 1.82) is 0 Å². The molecule has 0 bridgehead atoms. The van der Waals surface area contributed by atoms with Crippen molar-refractivity contribution >= 4 is 22.1 Å².